The molecule has 2 N–H and O–H groups in total. The predicted molar refractivity (Wildman–Crippen MR) is 107 cm³/mol. The van der Waals surface area contributed by atoms with E-state index in [1.165, 1.54) is 0 Å². The monoisotopic (exact) mass is 394 g/mol. The van der Waals surface area contributed by atoms with Gasteiger partial charge in [0.1, 0.15) is 0 Å². The van der Waals surface area contributed by atoms with Gasteiger partial charge in [-0.05, 0) is 30.2 Å². The number of hydrogen-bond acceptors (Lipinski definition) is 6. The first-order valence-electron chi connectivity index (χ1n) is 10.0. The molecule has 8 heteroatoms. The van der Waals surface area contributed by atoms with Gasteiger partial charge in [-0.1, -0.05) is 30.3 Å². The van der Waals surface area contributed by atoms with Crippen molar-refractivity contribution in [2.75, 3.05) is 23.7 Å². The Morgan fingerprint density at radius 1 is 1.14 bits per heavy atom. The average Bonchev–Trinajstić information content (AvgIpc) is 3.45. The SMILES string of the molecule is Nc1nc(N2C[C@H]3CC(C(=O)N4N=CCC4c4ccccc4)C[C@H]3C2)ncc1F. The van der Waals surface area contributed by atoms with Gasteiger partial charge in [-0.3, -0.25) is 4.79 Å². The minimum Gasteiger partial charge on any atom is -0.381 e. The molecule has 3 aliphatic rings. The lowest BCUT2D eigenvalue weighted by molar-refractivity contribution is -0.137. The van der Waals surface area contributed by atoms with Gasteiger partial charge < -0.3 is 10.6 Å². The second-order valence-corrected chi connectivity index (χ2v) is 8.14. The number of nitrogens with zero attached hydrogens (tertiary/aromatic N) is 5. The summed E-state index contributed by atoms with van der Waals surface area (Å²) >= 11 is 0. The van der Waals surface area contributed by atoms with Crippen LogP contribution in [0.25, 0.3) is 0 Å². The van der Waals surface area contributed by atoms with Crippen LogP contribution in [0, 0.1) is 23.6 Å². The maximum absolute atomic E-state index is 13.3. The molecule has 1 saturated carbocycles. The first kappa shape index (κ1) is 18.0. The summed E-state index contributed by atoms with van der Waals surface area (Å²) in [6.07, 6.45) is 5.39. The van der Waals surface area contributed by atoms with Crippen molar-refractivity contribution in [2.45, 2.75) is 25.3 Å². The Morgan fingerprint density at radius 2 is 1.86 bits per heavy atom. The number of nitrogen functional groups attached to an aromatic ring is 1. The molecule has 0 spiro atoms. The van der Waals surface area contributed by atoms with E-state index in [0.717, 1.165) is 44.1 Å². The van der Waals surface area contributed by atoms with Crippen LogP contribution in [0.5, 0.6) is 0 Å². The van der Waals surface area contributed by atoms with Crippen molar-refractivity contribution in [3.8, 4) is 0 Å². The molecule has 0 radical (unpaired) electrons. The Hall–Kier alpha value is -3.03. The van der Waals surface area contributed by atoms with E-state index in [1.54, 1.807) is 5.01 Å². The number of hydrogen-bond donors (Lipinski definition) is 1. The Morgan fingerprint density at radius 3 is 2.55 bits per heavy atom. The van der Waals surface area contributed by atoms with E-state index in [4.69, 9.17) is 5.73 Å². The lowest BCUT2D eigenvalue weighted by Crippen LogP contribution is -2.33. The second kappa shape index (κ2) is 7.09. The summed E-state index contributed by atoms with van der Waals surface area (Å²) < 4.78 is 13.3. The van der Waals surface area contributed by atoms with Crippen LogP contribution in [0.1, 0.15) is 30.9 Å². The smallest absolute Gasteiger partial charge is 0.246 e. The zero-order valence-corrected chi connectivity index (χ0v) is 16.0. The van der Waals surface area contributed by atoms with Crippen LogP contribution in [-0.4, -0.2) is 40.2 Å². The minimum absolute atomic E-state index is 0.00349. The molecule has 7 nitrogen and oxygen atoms in total. The maximum Gasteiger partial charge on any atom is 0.246 e. The standard InChI is InChI=1S/C21H23FN6O/c22-17-10-24-21(26-19(17)23)27-11-15-8-14(9-16(15)12-27)20(29)28-18(6-7-25-28)13-4-2-1-3-5-13/h1-5,7,10,14-16,18H,6,8-9,11-12H2,(H2,23,24,26)/t14?,15-,16+,18?. The second-order valence-electron chi connectivity index (χ2n) is 8.14. The highest BCUT2D eigenvalue weighted by atomic mass is 19.1. The first-order chi connectivity index (χ1) is 14.1. The summed E-state index contributed by atoms with van der Waals surface area (Å²) in [7, 11) is 0. The fourth-order valence-corrected chi connectivity index (χ4v) is 4.95. The summed E-state index contributed by atoms with van der Waals surface area (Å²) in [5, 5.41) is 6.07. The number of amides is 1. The topological polar surface area (TPSA) is 87.7 Å². The number of halogens is 1. The van der Waals surface area contributed by atoms with E-state index in [9.17, 15) is 9.18 Å². The van der Waals surface area contributed by atoms with E-state index in [1.807, 2.05) is 29.3 Å². The van der Waals surface area contributed by atoms with Crippen molar-refractivity contribution in [2.24, 2.45) is 22.9 Å². The highest BCUT2D eigenvalue weighted by Crippen LogP contribution is 2.44. The number of rotatable bonds is 3. The van der Waals surface area contributed by atoms with Crippen LogP contribution in [0.15, 0.2) is 41.6 Å². The fraction of sp³-hybridized carbons (Fsp3) is 0.429. The van der Waals surface area contributed by atoms with Crippen LogP contribution in [0.4, 0.5) is 16.2 Å². The Labute approximate surface area is 168 Å². The molecule has 2 fully saturated rings. The van der Waals surface area contributed by atoms with Crippen LogP contribution < -0.4 is 10.6 Å². The van der Waals surface area contributed by atoms with E-state index in [0.29, 0.717) is 17.8 Å². The van der Waals surface area contributed by atoms with Gasteiger partial charge in [-0.15, -0.1) is 0 Å². The van der Waals surface area contributed by atoms with Crippen LogP contribution >= 0.6 is 0 Å². The Kier molecular flexibility index (Phi) is 4.41. The number of anilines is 2. The van der Waals surface area contributed by atoms with E-state index in [2.05, 4.69) is 27.2 Å². The van der Waals surface area contributed by atoms with Crippen molar-refractivity contribution in [1.29, 1.82) is 0 Å². The van der Waals surface area contributed by atoms with Gasteiger partial charge in [0.2, 0.25) is 11.9 Å². The summed E-state index contributed by atoms with van der Waals surface area (Å²) in [6.45, 7) is 1.54. The van der Waals surface area contributed by atoms with E-state index in [-0.39, 0.29) is 23.7 Å². The van der Waals surface area contributed by atoms with Crippen LogP contribution in [0.2, 0.25) is 0 Å². The maximum atomic E-state index is 13.3. The van der Waals surface area contributed by atoms with Gasteiger partial charge >= 0.3 is 0 Å². The Balaban J connectivity index is 1.25. The van der Waals surface area contributed by atoms with Crippen molar-refractivity contribution < 1.29 is 9.18 Å². The molecule has 1 aromatic heterocycles. The third-order valence-corrected chi connectivity index (χ3v) is 6.38. The third kappa shape index (κ3) is 3.22. The lowest BCUT2D eigenvalue weighted by Gasteiger charge is -2.26. The number of nitrogens with two attached hydrogens (primary N) is 1. The number of carbonyl (C=O) groups excluding carboxylic acids is 1. The van der Waals surface area contributed by atoms with Gasteiger partial charge in [0.15, 0.2) is 11.6 Å². The van der Waals surface area contributed by atoms with Crippen molar-refractivity contribution in [3.63, 3.8) is 0 Å². The summed E-state index contributed by atoms with van der Waals surface area (Å²) in [5.41, 5.74) is 6.70. The molecule has 1 aliphatic carbocycles. The molecule has 1 saturated heterocycles. The third-order valence-electron chi connectivity index (χ3n) is 6.38. The lowest BCUT2D eigenvalue weighted by atomic mass is 10.0. The average molecular weight is 394 g/mol. The van der Waals surface area contributed by atoms with Gasteiger partial charge in [-0.25, -0.2) is 14.4 Å². The number of carbonyl (C=O) groups is 1. The number of benzene rings is 1. The molecule has 4 atom stereocenters. The number of hydrazone groups is 1. The molecule has 150 valence electrons. The van der Waals surface area contributed by atoms with Crippen LogP contribution in [-0.2, 0) is 4.79 Å². The van der Waals surface area contributed by atoms with Gasteiger partial charge in [-0.2, -0.15) is 10.1 Å². The summed E-state index contributed by atoms with van der Waals surface area (Å²) in [6, 6.07) is 10.1. The molecule has 2 aliphatic heterocycles. The fourth-order valence-electron chi connectivity index (χ4n) is 4.95. The van der Waals surface area contributed by atoms with E-state index < -0.39 is 5.82 Å². The summed E-state index contributed by atoms with van der Waals surface area (Å²) in [4.78, 5) is 23.4. The van der Waals surface area contributed by atoms with Crippen LogP contribution in [0.3, 0.4) is 0 Å². The largest absolute Gasteiger partial charge is 0.381 e. The number of fused-ring (bicyclic) bond motifs is 1. The molecule has 2 aromatic rings. The number of aromatic nitrogens is 2. The quantitative estimate of drug-likeness (QED) is 0.865. The molecule has 0 bridgehead atoms. The highest BCUT2D eigenvalue weighted by molar-refractivity contribution is 5.82. The molecule has 29 heavy (non-hydrogen) atoms. The molecule has 5 rings (SSSR count). The summed E-state index contributed by atoms with van der Waals surface area (Å²) in [5.74, 6) is 0.663. The first-order valence-corrected chi connectivity index (χ1v) is 10.0. The minimum atomic E-state index is -0.599. The zero-order valence-electron chi connectivity index (χ0n) is 16.0. The van der Waals surface area contributed by atoms with Crippen molar-refractivity contribution in [1.82, 2.24) is 15.0 Å². The highest BCUT2D eigenvalue weighted by Gasteiger charge is 2.46. The molecule has 2 unspecified atom stereocenters. The van der Waals surface area contributed by atoms with Gasteiger partial charge in [0.25, 0.3) is 0 Å². The molecular weight excluding hydrogens is 371 g/mol. The van der Waals surface area contributed by atoms with Gasteiger partial charge in [0.05, 0.1) is 12.2 Å². The van der Waals surface area contributed by atoms with Crippen molar-refractivity contribution >= 4 is 23.9 Å². The molecule has 1 aromatic carbocycles. The van der Waals surface area contributed by atoms with E-state index >= 15 is 0 Å². The van der Waals surface area contributed by atoms with Crippen molar-refractivity contribution in [3.05, 3.63) is 47.9 Å². The normalized spacial score (nSPS) is 28.2. The predicted octanol–water partition coefficient (Wildman–Crippen LogP) is 2.62. The van der Waals surface area contributed by atoms with Gasteiger partial charge in [0, 0.05) is 31.6 Å². The molecular formula is C21H23FN6O. The zero-order chi connectivity index (χ0) is 20.0. The molecule has 1 amide bonds. The molecule has 3 heterocycles. The Bertz CT molecular complexity index is 937.